The van der Waals surface area contributed by atoms with E-state index in [0.29, 0.717) is 11.7 Å². The molecule has 0 saturated heterocycles. The van der Waals surface area contributed by atoms with Crippen LogP contribution in [0.3, 0.4) is 0 Å². The molecule has 2 N–H and O–H groups in total. The summed E-state index contributed by atoms with van der Waals surface area (Å²) < 4.78 is 25.5. The van der Waals surface area contributed by atoms with Crippen LogP contribution in [0.1, 0.15) is 18.4 Å². The molecule has 0 spiro atoms. The van der Waals surface area contributed by atoms with E-state index < -0.39 is 10.0 Å². The molecule has 0 radical (unpaired) electrons. The number of nitrogens with zero attached hydrogens (tertiary/aromatic N) is 2. The van der Waals surface area contributed by atoms with E-state index in [1.165, 1.54) is 11.3 Å². The Morgan fingerprint density at radius 3 is 2.62 bits per heavy atom. The van der Waals surface area contributed by atoms with Crippen LogP contribution in [0.2, 0.25) is 0 Å². The summed E-state index contributed by atoms with van der Waals surface area (Å²) in [6.45, 7) is 5.08. The third-order valence-corrected chi connectivity index (χ3v) is 3.87. The summed E-state index contributed by atoms with van der Waals surface area (Å²) in [5.41, 5.74) is 0. The molecule has 0 saturated carbocycles. The molecule has 0 atom stereocenters. The van der Waals surface area contributed by atoms with Gasteiger partial charge in [0.1, 0.15) is 5.01 Å². The molecule has 0 aliphatic rings. The number of sulfonamides is 1. The minimum absolute atomic E-state index is 0.0472. The van der Waals surface area contributed by atoms with E-state index in [0.717, 1.165) is 18.0 Å². The quantitative estimate of drug-likeness (QED) is 0.704. The Morgan fingerprint density at radius 1 is 1.31 bits per heavy atom. The third-order valence-electron chi connectivity index (χ3n) is 1.74. The summed E-state index contributed by atoms with van der Waals surface area (Å²) in [6.07, 6.45) is 0.989. The van der Waals surface area contributed by atoms with E-state index in [9.17, 15) is 8.42 Å². The lowest BCUT2D eigenvalue weighted by molar-refractivity contribution is 0.595. The molecule has 1 aromatic rings. The predicted molar refractivity (Wildman–Crippen MR) is 65.2 cm³/mol. The monoisotopic (exact) mass is 264 g/mol. The van der Waals surface area contributed by atoms with Crippen LogP contribution in [0.4, 0.5) is 5.13 Å². The first-order valence-electron chi connectivity index (χ1n) is 5.05. The highest BCUT2D eigenvalue weighted by molar-refractivity contribution is 7.92. The highest BCUT2D eigenvalue weighted by atomic mass is 32.2. The first kappa shape index (κ1) is 13.3. The lowest BCUT2D eigenvalue weighted by Crippen LogP contribution is -2.27. The highest BCUT2D eigenvalue weighted by Gasteiger charge is 2.12. The highest BCUT2D eigenvalue weighted by Crippen LogP contribution is 2.14. The van der Waals surface area contributed by atoms with Crippen LogP contribution in [0.5, 0.6) is 0 Å². The molecule has 0 aromatic carbocycles. The van der Waals surface area contributed by atoms with Gasteiger partial charge in [-0.3, -0.25) is 4.72 Å². The van der Waals surface area contributed by atoms with Crippen molar-refractivity contribution in [3.05, 3.63) is 5.01 Å². The van der Waals surface area contributed by atoms with Gasteiger partial charge >= 0.3 is 0 Å². The van der Waals surface area contributed by atoms with Crippen LogP contribution in [0.15, 0.2) is 0 Å². The van der Waals surface area contributed by atoms with Gasteiger partial charge in [0, 0.05) is 6.54 Å². The van der Waals surface area contributed by atoms with E-state index in [-0.39, 0.29) is 5.75 Å². The number of aromatic nitrogens is 2. The van der Waals surface area contributed by atoms with Crippen molar-refractivity contribution in [2.75, 3.05) is 23.6 Å². The fourth-order valence-electron chi connectivity index (χ4n) is 1.03. The average molecular weight is 264 g/mol. The lowest BCUT2D eigenvalue weighted by Gasteiger charge is -2.05. The normalized spacial score (nSPS) is 11.6. The predicted octanol–water partition coefficient (Wildman–Crippen LogP) is 0.588. The summed E-state index contributed by atoms with van der Waals surface area (Å²) in [6, 6.07) is 0. The van der Waals surface area contributed by atoms with Crippen molar-refractivity contribution in [1.29, 1.82) is 0 Å². The van der Waals surface area contributed by atoms with Crippen LogP contribution in [0, 0.1) is 6.92 Å². The Labute approximate surface area is 99.5 Å². The van der Waals surface area contributed by atoms with Crippen LogP contribution in [-0.4, -0.2) is 37.5 Å². The van der Waals surface area contributed by atoms with Gasteiger partial charge in [-0.1, -0.05) is 18.3 Å². The zero-order valence-corrected chi connectivity index (χ0v) is 11.0. The van der Waals surface area contributed by atoms with E-state index in [1.54, 1.807) is 6.92 Å². The fraction of sp³-hybridized carbons (Fsp3) is 0.750. The number of rotatable bonds is 7. The van der Waals surface area contributed by atoms with Gasteiger partial charge in [-0.15, -0.1) is 10.2 Å². The number of hydrogen-bond acceptors (Lipinski definition) is 6. The van der Waals surface area contributed by atoms with Gasteiger partial charge in [-0.25, -0.2) is 8.42 Å². The Bertz CT molecular complexity index is 415. The van der Waals surface area contributed by atoms with Crippen molar-refractivity contribution >= 4 is 26.5 Å². The zero-order valence-electron chi connectivity index (χ0n) is 9.36. The summed E-state index contributed by atoms with van der Waals surface area (Å²) >= 11 is 1.23. The van der Waals surface area contributed by atoms with Crippen molar-refractivity contribution in [3.8, 4) is 0 Å². The van der Waals surface area contributed by atoms with Crippen LogP contribution < -0.4 is 10.0 Å². The minimum Gasteiger partial charge on any atom is -0.316 e. The average Bonchev–Trinajstić information content (AvgIpc) is 2.58. The SMILES string of the molecule is CCCNCCS(=O)(=O)Nc1nnc(C)s1. The summed E-state index contributed by atoms with van der Waals surface area (Å²) in [4.78, 5) is 0. The number of anilines is 1. The van der Waals surface area contributed by atoms with Gasteiger partial charge < -0.3 is 5.32 Å². The molecule has 0 aliphatic carbocycles. The Morgan fingerprint density at radius 2 is 2.06 bits per heavy atom. The lowest BCUT2D eigenvalue weighted by atomic mass is 10.5. The van der Waals surface area contributed by atoms with E-state index in [4.69, 9.17) is 0 Å². The maximum atomic E-state index is 11.6. The van der Waals surface area contributed by atoms with Gasteiger partial charge in [-0.05, 0) is 19.9 Å². The number of nitrogens with one attached hydrogen (secondary N) is 2. The number of aryl methyl sites for hydroxylation is 1. The van der Waals surface area contributed by atoms with E-state index in [1.807, 2.05) is 6.92 Å². The van der Waals surface area contributed by atoms with Gasteiger partial charge in [0.05, 0.1) is 5.75 Å². The van der Waals surface area contributed by atoms with Gasteiger partial charge in [0.2, 0.25) is 15.2 Å². The first-order valence-corrected chi connectivity index (χ1v) is 7.51. The molecule has 8 heteroatoms. The standard InChI is InChI=1S/C8H16N4O2S2/c1-3-4-9-5-6-16(13,14)12-8-11-10-7(2)15-8/h9H,3-6H2,1-2H3,(H,11,12). The molecule has 16 heavy (non-hydrogen) atoms. The molecule has 0 unspecified atom stereocenters. The molecule has 0 bridgehead atoms. The van der Waals surface area contributed by atoms with Crippen molar-refractivity contribution in [3.63, 3.8) is 0 Å². The molecular formula is C8H16N4O2S2. The molecule has 0 fully saturated rings. The molecule has 1 heterocycles. The second-order valence-corrected chi connectivity index (χ2v) is 6.32. The van der Waals surface area contributed by atoms with Gasteiger partial charge in [-0.2, -0.15) is 0 Å². The first-order chi connectivity index (χ1) is 7.53. The molecular weight excluding hydrogens is 248 g/mol. The van der Waals surface area contributed by atoms with Crippen LogP contribution in [-0.2, 0) is 10.0 Å². The summed E-state index contributed by atoms with van der Waals surface area (Å²) in [7, 11) is -3.31. The molecule has 0 aliphatic heterocycles. The van der Waals surface area contributed by atoms with Crippen LogP contribution in [0.25, 0.3) is 0 Å². The van der Waals surface area contributed by atoms with E-state index >= 15 is 0 Å². The molecule has 92 valence electrons. The molecule has 1 aromatic heterocycles. The molecule has 1 rings (SSSR count). The molecule has 0 amide bonds. The largest absolute Gasteiger partial charge is 0.316 e. The second-order valence-electron chi connectivity index (χ2n) is 3.30. The smallest absolute Gasteiger partial charge is 0.235 e. The van der Waals surface area contributed by atoms with Crippen molar-refractivity contribution in [1.82, 2.24) is 15.5 Å². The van der Waals surface area contributed by atoms with E-state index in [2.05, 4.69) is 20.2 Å². The van der Waals surface area contributed by atoms with Crippen LogP contribution >= 0.6 is 11.3 Å². The van der Waals surface area contributed by atoms with Crippen molar-refractivity contribution < 1.29 is 8.42 Å². The zero-order chi connectivity index (χ0) is 12.0. The molecule has 6 nitrogen and oxygen atoms in total. The number of hydrogen-bond donors (Lipinski definition) is 2. The maximum absolute atomic E-state index is 11.6. The maximum Gasteiger partial charge on any atom is 0.235 e. The van der Waals surface area contributed by atoms with Crippen molar-refractivity contribution in [2.45, 2.75) is 20.3 Å². The third kappa shape index (κ3) is 4.86. The topological polar surface area (TPSA) is 84.0 Å². The van der Waals surface area contributed by atoms with Gasteiger partial charge in [0.15, 0.2) is 0 Å². The Balaban J connectivity index is 2.40. The summed E-state index contributed by atoms with van der Waals surface area (Å²) in [5, 5.41) is 11.5. The van der Waals surface area contributed by atoms with Gasteiger partial charge in [0.25, 0.3) is 0 Å². The Hall–Kier alpha value is -0.730. The summed E-state index contributed by atoms with van der Waals surface area (Å²) in [5.74, 6) is 0.0472. The van der Waals surface area contributed by atoms with Crippen molar-refractivity contribution in [2.24, 2.45) is 0 Å². The fourth-order valence-corrected chi connectivity index (χ4v) is 2.84. The second kappa shape index (κ2) is 6.12. The Kier molecular flexibility index (Phi) is 5.10. The minimum atomic E-state index is -3.31.